The lowest BCUT2D eigenvalue weighted by Crippen LogP contribution is -2.41. The first-order valence-electron chi connectivity index (χ1n) is 7.88. The molecule has 0 radical (unpaired) electrons. The predicted molar refractivity (Wildman–Crippen MR) is 99.5 cm³/mol. The van der Waals surface area contributed by atoms with Crippen molar-refractivity contribution in [2.45, 2.75) is 44.8 Å². The Balaban J connectivity index is 0.00000144. The minimum atomic E-state index is -0.450. The van der Waals surface area contributed by atoms with Gasteiger partial charge in [0.2, 0.25) is 0 Å². The number of hydrogen-bond donors (Lipinski definition) is 3. The highest BCUT2D eigenvalue weighted by Crippen LogP contribution is 2.35. The van der Waals surface area contributed by atoms with Gasteiger partial charge in [-0.2, -0.15) is 0 Å². The molecule has 1 atom stereocenters. The predicted octanol–water partition coefficient (Wildman–Crippen LogP) is 1.96. The fourth-order valence-corrected chi connectivity index (χ4v) is 3.36. The number of hydrogen-bond acceptors (Lipinski definition) is 5. The topological polar surface area (TPSA) is 89.3 Å². The Morgan fingerprint density at radius 1 is 1.38 bits per heavy atom. The highest BCUT2D eigenvalue weighted by atomic mass is 35.5. The lowest BCUT2D eigenvalue weighted by Gasteiger charge is -2.32. The van der Waals surface area contributed by atoms with Gasteiger partial charge in [-0.25, -0.2) is 4.98 Å². The van der Waals surface area contributed by atoms with E-state index in [0.29, 0.717) is 18.0 Å². The van der Waals surface area contributed by atoms with Crippen LogP contribution in [0.5, 0.6) is 0 Å². The van der Waals surface area contributed by atoms with E-state index in [4.69, 9.17) is 10.5 Å². The summed E-state index contributed by atoms with van der Waals surface area (Å²) < 4.78 is 6.07. The number of ether oxygens (including phenoxy) is 1. The van der Waals surface area contributed by atoms with Crippen molar-refractivity contribution < 1.29 is 9.53 Å². The van der Waals surface area contributed by atoms with Gasteiger partial charge in [-0.15, -0.1) is 24.8 Å². The quantitative estimate of drug-likeness (QED) is 0.750. The second-order valence-corrected chi connectivity index (χ2v) is 6.44. The van der Waals surface area contributed by atoms with Gasteiger partial charge in [0.15, 0.2) is 0 Å². The molecule has 2 saturated heterocycles. The largest absolute Gasteiger partial charge is 0.373 e. The van der Waals surface area contributed by atoms with E-state index in [1.54, 1.807) is 0 Å². The van der Waals surface area contributed by atoms with Crippen LogP contribution in [0, 0.1) is 13.8 Å². The third kappa shape index (κ3) is 4.30. The highest BCUT2D eigenvalue weighted by molar-refractivity contribution is 5.97. The van der Waals surface area contributed by atoms with Crippen LogP contribution in [0.1, 0.15) is 40.9 Å². The van der Waals surface area contributed by atoms with E-state index < -0.39 is 5.91 Å². The van der Waals surface area contributed by atoms with Crippen LogP contribution >= 0.6 is 24.8 Å². The van der Waals surface area contributed by atoms with Gasteiger partial charge in [0.1, 0.15) is 5.82 Å². The molecule has 4 N–H and O–H groups in total. The number of piperidine rings is 1. The molecule has 1 spiro atoms. The Hall–Kier alpha value is -1.08. The standard InChI is InChI=1S/C16H24N4O2.2ClH/c1-10-7-13(14(17)21)15(19-11(10)2)20-12-8-16(22-9-12)3-5-18-6-4-16;;/h7,12,18H,3-6,8-9H2,1-2H3,(H2,17,21)(H,19,20);2*1H. The number of aromatic nitrogens is 1. The minimum absolute atomic E-state index is 0. The number of carbonyl (C=O) groups excluding carboxylic acids is 1. The fraction of sp³-hybridized carbons (Fsp3) is 0.625. The SMILES string of the molecule is Cc1cc(C(N)=O)c(NC2COC3(CCNCC3)C2)nc1C.Cl.Cl. The maximum absolute atomic E-state index is 11.7. The molecule has 2 fully saturated rings. The summed E-state index contributed by atoms with van der Waals surface area (Å²) in [4.78, 5) is 16.2. The van der Waals surface area contributed by atoms with Gasteiger partial charge in [0, 0.05) is 5.69 Å². The van der Waals surface area contributed by atoms with E-state index in [1.165, 1.54) is 0 Å². The van der Waals surface area contributed by atoms with Crippen molar-refractivity contribution >= 4 is 36.5 Å². The average Bonchev–Trinajstić information content (AvgIpc) is 2.85. The molecule has 3 heterocycles. The molecule has 0 saturated carbocycles. The van der Waals surface area contributed by atoms with Crippen molar-refractivity contribution in [2.24, 2.45) is 5.73 Å². The zero-order valence-electron chi connectivity index (χ0n) is 14.1. The zero-order chi connectivity index (χ0) is 15.7. The second-order valence-electron chi connectivity index (χ2n) is 6.44. The molecule has 2 aliphatic rings. The number of nitrogens with two attached hydrogens (primary N) is 1. The molecule has 1 amide bonds. The molecule has 0 bridgehead atoms. The summed E-state index contributed by atoms with van der Waals surface area (Å²) in [6.07, 6.45) is 3.02. The van der Waals surface area contributed by atoms with Gasteiger partial charge in [-0.1, -0.05) is 0 Å². The number of carbonyl (C=O) groups is 1. The lowest BCUT2D eigenvalue weighted by atomic mass is 9.88. The van der Waals surface area contributed by atoms with Crippen LogP contribution in [-0.4, -0.2) is 42.2 Å². The molecule has 0 aromatic carbocycles. The first kappa shape index (κ1) is 21.0. The third-order valence-corrected chi connectivity index (χ3v) is 4.80. The number of primary amides is 1. The van der Waals surface area contributed by atoms with Crippen LogP contribution in [0.4, 0.5) is 5.82 Å². The van der Waals surface area contributed by atoms with Gasteiger partial charge in [0.25, 0.3) is 5.91 Å². The van der Waals surface area contributed by atoms with Crippen LogP contribution < -0.4 is 16.4 Å². The number of rotatable bonds is 3. The number of nitrogens with zero attached hydrogens (tertiary/aromatic N) is 1. The average molecular weight is 377 g/mol. The Morgan fingerprint density at radius 3 is 2.67 bits per heavy atom. The van der Waals surface area contributed by atoms with Crippen LogP contribution in [0.25, 0.3) is 0 Å². The van der Waals surface area contributed by atoms with Crippen LogP contribution in [0.2, 0.25) is 0 Å². The van der Waals surface area contributed by atoms with Crippen LogP contribution in [-0.2, 0) is 4.74 Å². The first-order chi connectivity index (χ1) is 10.5. The van der Waals surface area contributed by atoms with Crippen molar-refractivity contribution in [2.75, 3.05) is 25.0 Å². The summed E-state index contributed by atoms with van der Waals surface area (Å²) in [6.45, 7) is 6.51. The zero-order valence-corrected chi connectivity index (χ0v) is 15.7. The summed E-state index contributed by atoms with van der Waals surface area (Å²) in [6, 6.07) is 1.98. The molecule has 24 heavy (non-hydrogen) atoms. The van der Waals surface area contributed by atoms with E-state index >= 15 is 0 Å². The number of halogens is 2. The third-order valence-electron chi connectivity index (χ3n) is 4.80. The number of amides is 1. The molecule has 1 unspecified atom stereocenters. The smallest absolute Gasteiger partial charge is 0.252 e. The first-order valence-corrected chi connectivity index (χ1v) is 7.88. The molecule has 2 aliphatic heterocycles. The van der Waals surface area contributed by atoms with Gasteiger partial charge in [0.05, 0.1) is 23.8 Å². The number of anilines is 1. The van der Waals surface area contributed by atoms with Crippen molar-refractivity contribution in [3.05, 3.63) is 22.9 Å². The molecule has 3 rings (SSSR count). The van der Waals surface area contributed by atoms with Crippen LogP contribution in [0.3, 0.4) is 0 Å². The number of nitrogens with one attached hydrogen (secondary N) is 2. The fourth-order valence-electron chi connectivity index (χ4n) is 3.36. The maximum atomic E-state index is 11.7. The Morgan fingerprint density at radius 2 is 2.04 bits per heavy atom. The summed E-state index contributed by atoms with van der Waals surface area (Å²) in [5.74, 6) is 0.128. The van der Waals surface area contributed by atoms with E-state index in [2.05, 4.69) is 15.6 Å². The Labute approximate surface area is 155 Å². The summed E-state index contributed by atoms with van der Waals surface area (Å²) in [7, 11) is 0. The number of aryl methyl sites for hydroxylation is 2. The van der Waals surface area contributed by atoms with Crippen LogP contribution in [0.15, 0.2) is 6.07 Å². The highest BCUT2D eigenvalue weighted by Gasteiger charge is 2.41. The summed E-state index contributed by atoms with van der Waals surface area (Å²) in [5, 5.41) is 6.74. The van der Waals surface area contributed by atoms with Gasteiger partial charge in [-0.3, -0.25) is 4.79 Å². The van der Waals surface area contributed by atoms with E-state index in [1.807, 2.05) is 19.9 Å². The Kier molecular flexibility index (Phi) is 7.28. The van der Waals surface area contributed by atoms with Crippen molar-refractivity contribution in [1.29, 1.82) is 0 Å². The molecule has 1 aromatic heterocycles. The van der Waals surface area contributed by atoms with Gasteiger partial charge < -0.3 is 21.1 Å². The maximum Gasteiger partial charge on any atom is 0.252 e. The second kappa shape index (κ2) is 8.34. The molecule has 136 valence electrons. The molecular weight excluding hydrogens is 351 g/mol. The van der Waals surface area contributed by atoms with E-state index in [9.17, 15) is 4.79 Å². The van der Waals surface area contributed by atoms with Gasteiger partial charge >= 0.3 is 0 Å². The van der Waals surface area contributed by atoms with E-state index in [-0.39, 0.29) is 36.5 Å². The normalized spacial score (nSPS) is 21.7. The molecule has 0 aliphatic carbocycles. The van der Waals surface area contributed by atoms with Gasteiger partial charge in [-0.05, 0) is 57.8 Å². The molecular formula is C16H26Cl2N4O2. The monoisotopic (exact) mass is 376 g/mol. The number of pyridine rings is 1. The molecule has 6 nitrogen and oxygen atoms in total. The minimum Gasteiger partial charge on any atom is -0.373 e. The lowest BCUT2D eigenvalue weighted by molar-refractivity contribution is -0.0192. The molecule has 1 aromatic rings. The molecule has 8 heteroatoms. The Bertz CT molecular complexity index is 592. The van der Waals surface area contributed by atoms with Crippen molar-refractivity contribution in [1.82, 2.24) is 10.3 Å². The van der Waals surface area contributed by atoms with E-state index in [0.717, 1.165) is 43.6 Å². The summed E-state index contributed by atoms with van der Waals surface area (Å²) >= 11 is 0. The van der Waals surface area contributed by atoms with Crippen molar-refractivity contribution in [3.63, 3.8) is 0 Å². The van der Waals surface area contributed by atoms with Crippen molar-refractivity contribution in [3.8, 4) is 0 Å². The summed E-state index contributed by atoms with van der Waals surface area (Å²) in [5.41, 5.74) is 7.80.